The number of ether oxygens (including phenoxy) is 1. The number of hydrogen-bond donors (Lipinski definition) is 1. The summed E-state index contributed by atoms with van der Waals surface area (Å²) in [6.07, 6.45) is 0. The van der Waals surface area contributed by atoms with Gasteiger partial charge in [0.1, 0.15) is 5.75 Å². The Kier molecular flexibility index (Phi) is 6.78. The fourth-order valence-corrected chi connectivity index (χ4v) is 4.29. The number of carbonyl (C=O) groups is 1. The number of amides is 1. The Morgan fingerprint density at radius 1 is 1.06 bits per heavy atom. The van der Waals surface area contributed by atoms with Gasteiger partial charge < -0.3 is 10.1 Å². The summed E-state index contributed by atoms with van der Waals surface area (Å²) in [6.45, 7) is 0.323. The highest BCUT2D eigenvalue weighted by Crippen LogP contribution is 2.27. The summed E-state index contributed by atoms with van der Waals surface area (Å²) in [5.41, 5.74) is 1.75. The van der Waals surface area contributed by atoms with Gasteiger partial charge in [-0.05, 0) is 35.9 Å². The van der Waals surface area contributed by atoms with Gasteiger partial charge in [-0.1, -0.05) is 65.8 Å². The van der Waals surface area contributed by atoms with Gasteiger partial charge in [-0.2, -0.15) is 0 Å². The molecule has 3 aromatic carbocycles. The van der Waals surface area contributed by atoms with Crippen molar-refractivity contribution >= 4 is 40.2 Å². The van der Waals surface area contributed by atoms with Gasteiger partial charge in [0.05, 0.1) is 29.5 Å². The number of para-hydroxylation sites is 3. The van der Waals surface area contributed by atoms with E-state index in [4.69, 9.17) is 16.3 Å². The van der Waals surface area contributed by atoms with E-state index in [0.29, 0.717) is 39.1 Å². The Morgan fingerprint density at radius 2 is 1.78 bits per heavy atom. The molecule has 0 atom stereocenters. The van der Waals surface area contributed by atoms with Crippen LogP contribution >= 0.6 is 23.4 Å². The summed E-state index contributed by atoms with van der Waals surface area (Å²) < 4.78 is 6.95. The van der Waals surface area contributed by atoms with Crippen LogP contribution in [0.25, 0.3) is 16.6 Å². The van der Waals surface area contributed by atoms with Crippen LogP contribution in [0.5, 0.6) is 5.75 Å². The molecule has 1 heterocycles. The average molecular weight is 466 g/mol. The van der Waals surface area contributed by atoms with E-state index in [2.05, 4.69) is 10.3 Å². The van der Waals surface area contributed by atoms with Crippen molar-refractivity contribution in [2.45, 2.75) is 11.7 Å². The summed E-state index contributed by atoms with van der Waals surface area (Å²) in [5.74, 6) is 0.435. The maximum Gasteiger partial charge on any atom is 0.266 e. The molecule has 8 heteroatoms. The summed E-state index contributed by atoms with van der Waals surface area (Å²) in [4.78, 5) is 30.5. The van der Waals surface area contributed by atoms with Crippen LogP contribution in [0, 0.1) is 0 Å². The van der Waals surface area contributed by atoms with E-state index in [1.165, 1.54) is 16.3 Å². The molecule has 6 nitrogen and oxygen atoms in total. The number of carbonyl (C=O) groups excluding carboxylic acids is 1. The Hall–Kier alpha value is -3.29. The molecule has 1 N–H and O–H groups in total. The standard InChI is InChI=1S/C24H20ClN3O3S/c1-31-21-13-7-6-12-20(21)28-23(30)17-9-3-5-11-19(17)27-24(28)32-15-22(29)26-14-16-8-2-4-10-18(16)25/h2-13H,14-15H2,1H3,(H,26,29). The molecule has 0 aliphatic rings. The zero-order valence-corrected chi connectivity index (χ0v) is 18.8. The monoisotopic (exact) mass is 465 g/mol. The van der Waals surface area contributed by atoms with Gasteiger partial charge in [-0.3, -0.25) is 14.2 Å². The molecule has 0 bridgehead atoms. The smallest absolute Gasteiger partial charge is 0.266 e. The average Bonchev–Trinajstić information content (AvgIpc) is 2.82. The minimum absolute atomic E-state index is 0.0877. The van der Waals surface area contributed by atoms with Crippen LogP contribution in [0.15, 0.2) is 82.7 Å². The van der Waals surface area contributed by atoms with Gasteiger partial charge in [-0.15, -0.1) is 0 Å². The van der Waals surface area contributed by atoms with Gasteiger partial charge in [-0.25, -0.2) is 4.98 Å². The quantitative estimate of drug-likeness (QED) is 0.322. The molecule has 0 saturated heterocycles. The van der Waals surface area contributed by atoms with Crippen molar-refractivity contribution in [3.8, 4) is 11.4 Å². The predicted molar refractivity (Wildman–Crippen MR) is 128 cm³/mol. The molecular weight excluding hydrogens is 446 g/mol. The maximum absolute atomic E-state index is 13.3. The minimum atomic E-state index is -0.223. The van der Waals surface area contributed by atoms with Crippen LogP contribution in [0.2, 0.25) is 5.02 Å². The van der Waals surface area contributed by atoms with E-state index in [0.717, 1.165) is 5.56 Å². The molecule has 0 saturated carbocycles. The van der Waals surface area contributed by atoms with E-state index in [1.54, 1.807) is 43.5 Å². The highest BCUT2D eigenvalue weighted by Gasteiger charge is 2.17. The molecule has 4 rings (SSSR count). The summed E-state index contributed by atoms with van der Waals surface area (Å²) in [7, 11) is 1.55. The van der Waals surface area contributed by atoms with Gasteiger partial charge in [0.25, 0.3) is 5.56 Å². The first-order chi connectivity index (χ1) is 15.6. The number of halogens is 1. The largest absolute Gasteiger partial charge is 0.495 e. The highest BCUT2D eigenvalue weighted by molar-refractivity contribution is 7.99. The molecule has 0 aliphatic carbocycles. The number of aromatic nitrogens is 2. The molecular formula is C24H20ClN3O3S. The third-order valence-corrected chi connectivity index (χ3v) is 6.14. The first-order valence-corrected chi connectivity index (χ1v) is 11.2. The number of nitrogens with one attached hydrogen (secondary N) is 1. The van der Waals surface area contributed by atoms with Crippen LogP contribution in [-0.4, -0.2) is 28.3 Å². The van der Waals surface area contributed by atoms with Crippen LogP contribution in [0.3, 0.4) is 0 Å². The number of rotatable bonds is 7. The number of benzene rings is 3. The lowest BCUT2D eigenvalue weighted by atomic mass is 10.2. The van der Waals surface area contributed by atoms with Crippen LogP contribution in [0.1, 0.15) is 5.56 Å². The summed E-state index contributed by atoms with van der Waals surface area (Å²) >= 11 is 7.34. The molecule has 0 spiro atoms. The highest BCUT2D eigenvalue weighted by atomic mass is 35.5. The zero-order valence-electron chi connectivity index (χ0n) is 17.2. The number of fused-ring (bicyclic) bond motifs is 1. The molecule has 32 heavy (non-hydrogen) atoms. The van der Waals surface area contributed by atoms with E-state index in [-0.39, 0.29) is 17.2 Å². The lowest BCUT2D eigenvalue weighted by Crippen LogP contribution is -2.26. The van der Waals surface area contributed by atoms with E-state index < -0.39 is 0 Å². The Morgan fingerprint density at radius 3 is 2.59 bits per heavy atom. The van der Waals surface area contributed by atoms with Crippen LogP contribution in [-0.2, 0) is 11.3 Å². The fourth-order valence-electron chi connectivity index (χ4n) is 3.25. The second kappa shape index (κ2) is 9.89. The number of methoxy groups -OCH3 is 1. The SMILES string of the molecule is COc1ccccc1-n1c(SCC(=O)NCc2ccccc2Cl)nc2ccccc2c1=O. The number of nitrogens with zero attached hydrogens (tertiary/aromatic N) is 2. The molecule has 1 amide bonds. The normalized spacial score (nSPS) is 10.8. The Balaban J connectivity index is 1.63. The first-order valence-electron chi connectivity index (χ1n) is 9.86. The van der Waals surface area contributed by atoms with Gasteiger partial charge >= 0.3 is 0 Å². The van der Waals surface area contributed by atoms with Gasteiger partial charge in [0, 0.05) is 11.6 Å². The second-order valence-electron chi connectivity index (χ2n) is 6.88. The van der Waals surface area contributed by atoms with E-state index >= 15 is 0 Å². The fraction of sp³-hybridized carbons (Fsp3) is 0.125. The van der Waals surface area contributed by atoms with Gasteiger partial charge in [0.2, 0.25) is 5.91 Å². The lowest BCUT2D eigenvalue weighted by molar-refractivity contribution is -0.118. The summed E-state index contributed by atoms with van der Waals surface area (Å²) in [6, 6.07) is 21.7. The van der Waals surface area contributed by atoms with Crippen molar-refractivity contribution in [1.82, 2.24) is 14.9 Å². The Labute approximate surface area is 194 Å². The summed E-state index contributed by atoms with van der Waals surface area (Å²) in [5, 5.41) is 4.36. The molecule has 0 fully saturated rings. The molecule has 4 aromatic rings. The van der Waals surface area contributed by atoms with Gasteiger partial charge in [0.15, 0.2) is 5.16 Å². The molecule has 0 unspecified atom stereocenters. The lowest BCUT2D eigenvalue weighted by Gasteiger charge is -2.15. The second-order valence-corrected chi connectivity index (χ2v) is 8.23. The number of thioether (sulfide) groups is 1. The van der Waals surface area contributed by atoms with E-state index in [1.807, 2.05) is 36.4 Å². The third-order valence-electron chi connectivity index (χ3n) is 4.84. The first kappa shape index (κ1) is 21.9. The van der Waals surface area contributed by atoms with Crippen molar-refractivity contribution in [2.24, 2.45) is 0 Å². The van der Waals surface area contributed by atoms with Crippen LogP contribution < -0.4 is 15.6 Å². The minimum Gasteiger partial charge on any atom is -0.495 e. The van der Waals surface area contributed by atoms with Crippen molar-refractivity contribution in [2.75, 3.05) is 12.9 Å². The number of hydrogen-bond acceptors (Lipinski definition) is 5. The van der Waals surface area contributed by atoms with Crippen LogP contribution in [0.4, 0.5) is 0 Å². The molecule has 0 radical (unpaired) electrons. The molecule has 0 aliphatic heterocycles. The van der Waals surface area contributed by atoms with Crippen molar-refractivity contribution in [3.05, 3.63) is 93.7 Å². The Bertz CT molecular complexity index is 1340. The maximum atomic E-state index is 13.3. The topological polar surface area (TPSA) is 73.2 Å². The molecule has 1 aromatic heterocycles. The van der Waals surface area contributed by atoms with Crippen molar-refractivity contribution < 1.29 is 9.53 Å². The predicted octanol–water partition coefficient (Wildman–Crippen LogP) is 4.46. The van der Waals surface area contributed by atoms with Crippen molar-refractivity contribution in [1.29, 1.82) is 0 Å². The molecule has 162 valence electrons. The van der Waals surface area contributed by atoms with E-state index in [9.17, 15) is 9.59 Å². The van der Waals surface area contributed by atoms with Crippen molar-refractivity contribution in [3.63, 3.8) is 0 Å². The third kappa shape index (κ3) is 4.64. The zero-order chi connectivity index (χ0) is 22.5.